The first-order valence-electron chi connectivity index (χ1n) is 8.05. The van der Waals surface area contributed by atoms with E-state index < -0.39 is 6.04 Å². The predicted molar refractivity (Wildman–Crippen MR) is 84.0 cm³/mol. The number of aryl methyl sites for hydroxylation is 1. The van der Waals surface area contributed by atoms with Gasteiger partial charge >= 0.3 is 0 Å². The fraction of sp³-hybridized carbons (Fsp3) is 0.667. The number of amides is 2. The van der Waals surface area contributed by atoms with E-state index in [2.05, 4.69) is 10.5 Å². The van der Waals surface area contributed by atoms with Gasteiger partial charge in [-0.05, 0) is 12.8 Å². The third-order valence-corrected chi connectivity index (χ3v) is 4.56. The summed E-state index contributed by atoms with van der Waals surface area (Å²) in [5.41, 5.74) is 0. The summed E-state index contributed by atoms with van der Waals surface area (Å²) in [5.74, 6) is 0.614. The molecule has 0 aliphatic carbocycles. The SMILES string of the molecule is O=C([C@@H]1CNCCN1C(=O)CCc1cc(Cl)no1)N1CCCC1. The summed E-state index contributed by atoms with van der Waals surface area (Å²) in [6.07, 6.45) is 2.82. The van der Waals surface area contributed by atoms with E-state index in [0.717, 1.165) is 25.9 Å². The number of nitrogens with zero attached hydrogens (tertiary/aromatic N) is 3. The van der Waals surface area contributed by atoms with E-state index in [1.54, 1.807) is 11.0 Å². The Labute approximate surface area is 139 Å². The zero-order valence-electron chi connectivity index (χ0n) is 13.0. The van der Waals surface area contributed by atoms with Crippen molar-refractivity contribution in [3.63, 3.8) is 0 Å². The van der Waals surface area contributed by atoms with Crippen LogP contribution in [0, 0.1) is 0 Å². The topological polar surface area (TPSA) is 78.7 Å². The molecule has 2 aliphatic heterocycles. The van der Waals surface area contributed by atoms with Crippen LogP contribution in [0.1, 0.15) is 25.0 Å². The Morgan fingerprint density at radius 1 is 1.35 bits per heavy atom. The first-order chi connectivity index (χ1) is 11.1. The van der Waals surface area contributed by atoms with E-state index in [1.165, 1.54) is 0 Å². The molecule has 2 saturated heterocycles. The molecule has 2 amide bonds. The van der Waals surface area contributed by atoms with Crippen molar-refractivity contribution in [2.75, 3.05) is 32.7 Å². The largest absolute Gasteiger partial charge is 0.360 e. The quantitative estimate of drug-likeness (QED) is 0.872. The Morgan fingerprint density at radius 3 is 2.83 bits per heavy atom. The number of likely N-dealkylation sites (tertiary alicyclic amines) is 1. The molecule has 0 radical (unpaired) electrons. The molecular formula is C15H21ClN4O3. The molecule has 0 unspecified atom stereocenters. The standard InChI is InChI=1S/C15H21ClN4O3/c16-13-9-11(23-18-13)3-4-14(21)20-8-5-17-10-12(20)15(22)19-6-1-2-7-19/h9,12,17H,1-8,10H2/t12-/m0/s1. The van der Waals surface area contributed by atoms with Crippen molar-refractivity contribution in [2.45, 2.75) is 31.7 Å². The molecule has 2 aliphatic rings. The average Bonchev–Trinajstić information content (AvgIpc) is 3.23. The van der Waals surface area contributed by atoms with Gasteiger partial charge in [0.15, 0.2) is 5.15 Å². The number of nitrogens with one attached hydrogen (secondary N) is 1. The minimum Gasteiger partial charge on any atom is -0.360 e. The van der Waals surface area contributed by atoms with Crippen LogP contribution >= 0.6 is 11.6 Å². The number of piperazine rings is 1. The molecular weight excluding hydrogens is 320 g/mol. The lowest BCUT2D eigenvalue weighted by Gasteiger charge is -2.37. The van der Waals surface area contributed by atoms with E-state index in [9.17, 15) is 9.59 Å². The van der Waals surface area contributed by atoms with Crippen molar-refractivity contribution in [2.24, 2.45) is 0 Å². The number of halogens is 1. The highest BCUT2D eigenvalue weighted by Crippen LogP contribution is 2.16. The summed E-state index contributed by atoms with van der Waals surface area (Å²) < 4.78 is 5.02. The zero-order chi connectivity index (χ0) is 16.2. The molecule has 1 atom stereocenters. The first-order valence-corrected chi connectivity index (χ1v) is 8.43. The molecule has 3 rings (SSSR count). The van der Waals surface area contributed by atoms with Gasteiger partial charge in [-0.25, -0.2) is 0 Å². The minimum absolute atomic E-state index is 0.0310. The second-order valence-electron chi connectivity index (χ2n) is 5.96. The van der Waals surface area contributed by atoms with Gasteiger partial charge in [0.2, 0.25) is 11.8 Å². The maximum atomic E-state index is 12.6. The molecule has 0 saturated carbocycles. The van der Waals surface area contributed by atoms with Gasteiger partial charge in [0.05, 0.1) is 0 Å². The molecule has 0 bridgehead atoms. The van der Waals surface area contributed by atoms with Crippen LogP contribution in [0.4, 0.5) is 0 Å². The lowest BCUT2D eigenvalue weighted by molar-refractivity contribution is -0.146. The van der Waals surface area contributed by atoms with Crippen molar-refractivity contribution in [3.05, 3.63) is 17.0 Å². The maximum absolute atomic E-state index is 12.6. The molecule has 3 heterocycles. The van der Waals surface area contributed by atoms with E-state index >= 15 is 0 Å². The summed E-state index contributed by atoms with van der Waals surface area (Å²) in [7, 11) is 0. The van der Waals surface area contributed by atoms with Crippen molar-refractivity contribution in [1.29, 1.82) is 0 Å². The summed E-state index contributed by atoms with van der Waals surface area (Å²) in [5, 5.41) is 7.10. The summed E-state index contributed by atoms with van der Waals surface area (Å²) in [4.78, 5) is 28.8. The number of hydrogen-bond donors (Lipinski definition) is 1. The lowest BCUT2D eigenvalue weighted by Crippen LogP contribution is -2.59. The highest BCUT2D eigenvalue weighted by Gasteiger charge is 2.35. The Bertz CT molecular complexity index is 571. The van der Waals surface area contributed by atoms with Gasteiger partial charge in [-0.1, -0.05) is 16.8 Å². The molecule has 8 heteroatoms. The highest BCUT2D eigenvalue weighted by atomic mass is 35.5. The average molecular weight is 341 g/mol. The van der Waals surface area contributed by atoms with Crippen molar-refractivity contribution in [3.8, 4) is 0 Å². The second kappa shape index (κ2) is 7.31. The van der Waals surface area contributed by atoms with Crippen LogP contribution in [0.5, 0.6) is 0 Å². The highest BCUT2D eigenvalue weighted by molar-refractivity contribution is 6.29. The monoisotopic (exact) mass is 340 g/mol. The first kappa shape index (κ1) is 16.3. The Kier molecular flexibility index (Phi) is 5.17. The molecule has 2 fully saturated rings. The van der Waals surface area contributed by atoms with Crippen molar-refractivity contribution < 1.29 is 14.1 Å². The third-order valence-electron chi connectivity index (χ3n) is 4.38. The van der Waals surface area contributed by atoms with Crippen LogP contribution < -0.4 is 5.32 Å². The van der Waals surface area contributed by atoms with Gasteiger partial charge in [-0.2, -0.15) is 0 Å². The Balaban J connectivity index is 1.60. The van der Waals surface area contributed by atoms with Gasteiger partial charge in [0.25, 0.3) is 0 Å². The van der Waals surface area contributed by atoms with Crippen LogP contribution in [0.15, 0.2) is 10.6 Å². The van der Waals surface area contributed by atoms with Crippen LogP contribution in [0.25, 0.3) is 0 Å². The number of carbonyl (C=O) groups is 2. The normalized spacial score (nSPS) is 21.7. The van der Waals surface area contributed by atoms with E-state index in [-0.39, 0.29) is 23.4 Å². The molecule has 1 aromatic heterocycles. The van der Waals surface area contributed by atoms with Crippen molar-refractivity contribution in [1.82, 2.24) is 20.3 Å². The molecule has 0 spiro atoms. The molecule has 0 aromatic carbocycles. The Hall–Kier alpha value is -1.60. The van der Waals surface area contributed by atoms with Crippen LogP contribution in [-0.2, 0) is 16.0 Å². The van der Waals surface area contributed by atoms with E-state index in [4.69, 9.17) is 16.1 Å². The third kappa shape index (κ3) is 3.84. The molecule has 126 valence electrons. The number of carbonyl (C=O) groups excluding carboxylic acids is 2. The lowest BCUT2D eigenvalue weighted by atomic mass is 10.1. The Morgan fingerprint density at radius 2 is 2.13 bits per heavy atom. The number of aromatic nitrogens is 1. The smallest absolute Gasteiger partial charge is 0.246 e. The fourth-order valence-corrected chi connectivity index (χ4v) is 3.31. The van der Waals surface area contributed by atoms with Gasteiger partial charge in [0, 0.05) is 51.6 Å². The van der Waals surface area contributed by atoms with Crippen LogP contribution in [0.2, 0.25) is 5.15 Å². The molecule has 1 N–H and O–H groups in total. The molecule has 7 nitrogen and oxygen atoms in total. The summed E-state index contributed by atoms with van der Waals surface area (Å²) >= 11 is 5.70. The number of hydrogen-bond acceptors (Lipinski definition) is 5. The predicted octanol–water partition coefficient (Wildman–Crippen LogP) is 0.683. The van der Waals surface area contributed by atoms with Crippen LogP contribution in [-0.4, -0.2) is 65.5 Å². The van der Waals surface area contributed by atoms with Gasteiger partial charge in [-0.3, -0.25) is 9.59 Å². The van der Waals surface area contributed by atoms with Gasteiger partial charge in [-0.15, -0.1) is 0 Å². The van der Waals surface area contributed by atoms with Gasteiger partial charge < -0.3 is 19.6 Å². The molecule has 23 heavy (non-hydrogen) atoms. The van der Waals surface area contributed by atoms with Crippen LogP contribution in [0.3, 0.4) is 0 Å². The fourth-order valence-electron chi connectivity index (χ4n) is 3.15. The minimum atomic E-state index is -0.396. The second-order valence-corrected chi connectivity index (χ2v) is 6.34. The van der Waals surface area contributed by atoms with E-state index in [0.29, 0.717) is 31.8 Å². The zero-order valence-corrected chi connectivity index (χ0v) is 13.7. The number of rotatable bonds is 4. The maximum Gasteiger partial charge on any atom is 0.246 e. The van der Waals surface area contributed by atoms with Crippen molar-refractivity contribution >= 4 is 23.4 Å². The summed E-state index contributed by atoms with van der Waals surface area (Å²) in [6, 6.07) is 1.21. The molecule has 1 aromatic rings. The van der Waals surface area contributed by atoms with E-state index in [1.807, 2.05) is 4.90 Å². The van der Waals surface area contributed by atoms with Gasteiger partial charge in [0.1, 0.15) is 11.8 Å². The summed E-state index contributed by atoms with van der Waals surface area (Å²) in [6.45, 7) is 3.39.